The number of imidazole rings is 1. The highest BCUT2D eigenvalue weighted by Gasteiger charge is 2.26. The maximum absolute atomic E-state index is 4.94. The molecule has 0 atom stereocenters. The summed E-state index contributed by atoms with van der Waals surface area (Å²) < 4.78 is 2.52. The normalized spacial score (nSPS) is 15.7. The zero-order chi connectivity index (χ0) is 14.8. The molecule has 1 aliphatic rings. The van der Waals surface area contributed by atoms with Gasteiger partial charge in [-0.05, 0) is 12.3 Å². The second-order valence-corrected chi connectivity index (χ2v) is 7.55. The van der Waals surface area contributed by atoms with Crippen molar-refractivity contribution in [2.75, 3.05) is 6.54 Å². The molecule has 1 aromatic heterocycles. The summed E-state index contributed by atoms with van der Waals surface area (Å²) in [6.45, 7) is 14.6. The summed E-state index contributed by atoms with van der Waals surface area (Å²) in [5.74, 6) is 2.09. The molecule has 3 nitrogen and oxygen atoms in total. The van der Waals surface area contributed by atoms with Crippen LogP contribution in [0.3, 0.4) is 0 Å². The zero-order valence-corrected chi connectivity index (χ0v) is 13.9. The molecule has 0 radical (unpaired) electrons. The minimum Gasteiger partial charge on any atom is -0.331 e. The largest absolute Gasteiger partial charge is 0.331 e. The summed E-state index contributed by atoms with van der Waals surface area (Å²) in [5, 5.41) is 3.44. The van der Waals surface area contributed by atoms with Crippen LogP contribution < -0.4 is 5.32 Å². The van der Waals surface area contributed by atoms with Gasteiger partial charge in [-0.3, -0.25) is 0 Å². The first-order chi connectivity index (χ1) is 9.39. The van der Waals surface area contributed by atoms with Gasteiger partial charge in [-0.15, -0.1) is 0 Å². The van der Waals surface area contributed by atoms with Gasteiger partial charge in [-0.2, -0.15) is 0 Å². The van der Waals surface area contributed by atoms with Gasteiger partial charge in [-0.1, -0.05) is 47.5 Å². The average molecular weight is 277 g/mol. The van der Waals surface area contributed by atoms with Gasteiger partial charge in [0.05, 0.1) is 5.69 Å². The van der Waals surface area contributed by atoms with Crippen molar-refractivity contribution in [2.24, 2.45) is 5.92 Å². The first kappa shape index (κ1) is 15.6. The van der Waals surface area contributed by atoms with E-state index in [0.29, 0.717) is 0 Å². The van der Waals surface area contributed by atoms with Crippen LogP contribution in [0.4, 0.5) is 0 Å². The Labute approximate surface area is 124 Å². The summed E-state index contributed by atoms with van der Waals surface area (Å²) in [4.78, 5) is 4.94. The van der Waals surface area contributed by atoms with E-state index in [1.54, 1.807) is 0 Å². The molecule has 0 unspecified atom stereocenters. The highest BCUT2D eigenvalue weighted by atomic mass is 15.1. The Kier molecular flexibility index (Phi) is 4.90. The fourth-order valence-electron chi connectivity index (χ4n) is 3.01. The number of unbranched alkanes of at least 4 members (excludes halogenated alkanes) is 1. The third kappa shape index (κ3) is 3.63. The van der Waals surface area contributed by atoms with Crippen LogP contribution in [0.15, 0.2) is 0 Å². The van der Waals surface area contributed by atoms with E-state index in [1.165, 1.54) is 36.5 Å². The molecule has 0 spiro atoms. The minimum absolute atomic E-state index is 0.134. The molecule has 1 N–H and O–H groups in total. The highest BCUT2D eigenvalue weighted by Crippen LogP contribution is 2.27. The fourth-order valence-corrected chi connectivity index (χ4v) is 3.01. The van der Waals surface area contributed by atoms with Crippen molar-refractivity contribution in [2.45, 2.75) is 78.8 Å². The van der Waals surface area contributed by atoms with Gasteiger partial charge in [0.15, 0.2) is 0 Å². The van der Waals surface area contributed by atoms with Gasteiger partial charge in [0.1, 0.15) is 5.82 Å². The highest BCUT2D eigenvalue weighted by molar-refractivity contribution is 5.23. The third-order valence-electron chi connectivity index (χ3n) is 4.07. The van der Waals surface area contributed by atoms with Crippen molar-refractivity contribution >= 4 is 0 Å². The topological polar surface area (TPSA) is 29.9 Å². The second-order valence-electron chi connectivity index (χ2n) is 7.55. The molecular weight excluding hydrogens is 246 g/mol. The van der Waals surface area contributed by atoms with Crippen LogP contribution in [0, 0.1) is 5.92 Å². The van der Waals surface area contributed by atoms with E-state index >= 15 is 0 Å². The van der Waals surface area contributed by atoms with Gasteiger partial charge in [0.25, 0.3) is 0 Å². The number of aromatic nitrogens is 2. The molecule has 0 amide bonds. The van der Waals surface area contributed by atoms with Crippen LogP contribution in [-0.2, 0) is 24.9 Å². The van der Waals surface area contributed by atoms with Crippen molar-refractivity contribution in [1.29, 1.82) is 0 Å². The smallest absolute Gasteiger partial charge is 0.114 e. The lowest BCUT2D eigenvalue weighted by Gasteiger charge is -2.22. The number of rotatable bonds is 5. The summed E-state index contributed by atoms with van der Waals surface area (Å²) in [6.07, 6.45) is 5.07. The molecule has 1 aliphatic heterocycles. The van der Waals surface area contributed by atoms with Crippen LogP contribution in [0.25, 0.3) is 0 Å². The van der Waals surface area contributed by atoms with Crippen LogP contribution in [0.1, 0.15) is 71.1 Å². The second kappa shape index (κ2) is 6.30. The first-order valence-electron chi connectivity index (χ1n) is 8.19. The summed E-state index contributed by atoms with van der Waals surface area (Å²) in [6, 6.07) is 0. The SMILES string of the molecule is CC(C)CCCCn1c(C(C)(C)C)nc2c1CCNC2. The summed E-state index contributed by atoms with van der Waals surface area (Å²) >= 11 is 0. The monoisotopic (exact) mass is 277 g/mol. The van der Waals surface area contributed by atoms with E-state index < -0.39 is 0 Å². The molecule has 0 fully saturated rings. The number of hydrogen-bond donors (Lipinski definition) is 1. The predicted octanol–water partition coefficient (Wildman–Crippen LogP) is 3.65. The van der Waals surface area contributed by atoms with Gasteiger partial charge >= 0.3 is 0 Å². The molecule has 0 aliphatic carbocycles. The Bertz CT molecular complexity index is 438. The Balaban J connectivity index is 2.14. The molecule has 0 saturated carbocycles. The number of nitrogens with zero attached hydrogens (tertiary/aromatic N) is 2. The van der Waals surface area contributed by atoms with Crippen molar-refractivity contribution in [3.63, 3.8) is 0 Å². The molecule has 0 aromatic carbocycles. The van der Waals surface area contributed by atoms with Gasteiger partial charge in [-0.25, -0.2) is 4.98 Å². The van der Waals surface area contributed by atoms with Crippen molar-refractivity contribution in [3.05, 3.63) is 17.2 Å². The number of nitrogens with one attached hydrogen (secondary N) is 1. The van der Waals surface area contributed by atoms with Crippen molar-refractivity contribution in [3.8, 4) is 0 Å². The molecule has 2 rings (SSSR count). The lowest BCUT2D eigenvalue weighted by Crippen LogP contribution is -2.25. The standard InChI is InChI=1S/C17H31N3/c1-13(2)8-6-7-11-20-15-9-10-18-12-14(15)19-16(20)17(3,4)5/h13,18H,6-12H2,1-5H3. The van der Waals surface area contributed by atoms with E-state index in [1.807, 2.05) is 0 Å². The molecule has 1 aromatic rings. The average Bonchev–Trinajstić information content (AvgIpc) is 2.73. The van der Waals surface area contributed by atoms with E-state index in [4.69, 9.17) is 4.98 Å². The molecular formula is C17H31N3. The fraction of sp³-hybridized carbons (Fsp3) is 0.824. The Morgan fingerprint density at radius 3 is 2.65 bits per heavy atom. The van der Waals surface area contributed by atoms with Gasteiger partial charge < -0.3 is 9.88 Å². The zero-order valence-electron chi connectivity index (χ0n) is 13.9. The number of hydrogen-bond acceptors (Lipinski definition) is 2. The Hall–Kier alpha value is -0.830. The van der Waals surface area contributed by atoms with Crippen LogP contribution in [0.2, 0.25) is 0 Å². The van der Waals surface area contributed by atoms with Crippen molar-refractivity contribution < 1.29 is 0 Å². The number of fused-ring (bicyclic) bond motifs is 1. The van der Waals surface area contributed by atoms with E-state index in [2.05, 4.69) is 44.5 Å². The molecule has 114 valence electrons. The van der Waals surface area contributed by atoms with Gasteiger partial charge in [0.2, 0.25) is 0 Å². The van der Waals surface area contributed by atoms with E-state index in [9.17, 15) is 0 Å². The van der Waals surface area contributed by atoms with E-state index in [0.717, 1.165) is 32.0 Å². The van der Waals surface area contributed by atoms with Crippen LogP contribution in [0.5, 0.6) is 0 Å². The molecule has 0 bridgehead atoms. The van der Waals surface area contributed by atoms with Gasteiger partial charge in [0, 0.05) is 37.2 Å². The maximum Gasteiger partial charge on any atom is 0.114 e. The first-order valence-corrected chi connectivity index (χ1v) is 8.19. The van der Waals surface area contributed by atoms with E-state index in [-0.39, 0.29) is 5.41 Å². The van der Waals surface area contributed by atoms with Crippen LogP contribution in [-0.4, -0.2) is 16.1 Å². The van der Waals surface area contributed by atoms with Crippen LogP contribution >= 0.6 is 0 Å². The molecule has 2 heterocycles. The molecule has 0 saturated heterocycles. The Morgan fingerprint density at radius 2 is 2.00 bits per heavy atom. The summed E-state index contributed by atoms with van der Waals surface area (Å²) in [7, 11) is 0. The molecule has 20 heavy (non-hydrogen) atoms. The summed E-state index contributed by atoms with van der Waals surface area (Å²) in [5.41, 5.74) is 2.90. The van der Waals surface area contributed by atoms with Crippen molar-refractivity contribution in [1.82, 2.24) is 14.9 Å². The minimum atomic E-state index is 0.134. The lowest BCUT2D eigenvalue weighted by molar-refractivity contribution is 0.457. The third-order valence-corrected chi connectivity index (χ3v) is 4.07. The Morgan fingerprint density at radius 1 is 1.25 bits per heavy atom. The molecule has 3 heteroatoms. The predicted molar refractivity (Wildman–Crippen MR) is 85.0 cm³/mol. The lowest BCUT2D eigenvalue weighted by atomic mass is 9.95. The quantitative estimate of drug-likeness (QED) is 0.833. The maximum atomic E-state index is 4.94.